The second-order valence-corrected chi connectivity index (χ2v) is 3.76. The molecule has 0 fully saturated rings. The molecule has 2 N–H and O–H groups in total. The van der Waals surface area contributed by atoms with Crippen molar-refractivity contribution in [1.29, 1.82) is 0 Å². The lowest BCUT2D eigenvalue weighted by Gasteiger charge is -2.02. The van der Waals surface area contributed by atoms with Gasteiger partial charge in [0.2, 0.25) is 0 Å². The summed E-state index contributed by atoms with van der Waals surface area (Å²) in [4.78, 5) is 4.08. The van der Waals surface area contributed by atoms with E-state index in [9.17, 15) is 0 Å². The number of nitrogens with zero attached hydrogens (tertiary/aromatic N) is 1. The minimum absolute atomic E-state index is 0.572. The lowest BCUT2D eigenvalue weighted by Crippen LogP contribution is -1.93. The molecule has 0 spiro atoms. The van der Waals surface area contributed by atoms with Crippen LogP contribution in [0.5, 0.6) is 0 Å². The van der Waals surface area contributed by atoms with E-state index >= 15 is 0 Å². The summed E-state index contributed by atoms with van der Waals surface area (Å²) in [6.45, 7) is 2.10. The highest BCUT2D eigenvalue weighted by atomic mass is 14.8. The van der Waals surface area contributed by atoms with Crippen molar-refractivity contribution in [2.75, 3.05) is 5.73 Å². The molecule has 1 aromatic carbocycles. The molecule has 1 aromatic heterocycles. The summed E-state index contributed by atoms with van der Waals surface area (Å²) in [5.74, 6) is 0.572. The number of nitrogens with two attached hydrogens (primary N) is 1. The number of aromatic nitrogens is 1. The van der Waals surface area contributed by atoms with Crippen LogP contribution in [-0.2, 0) is 6.42 Å². The molecule has 0 aliphatic carbocycles. The fourth-order valence-electron chi connectivity index (χ4n) is 1.60. The molecule has 0 bridgehead atoms. The van der Waals surface area contributed by atoms with Crippen LogP contribution < -0.4 is 5.73 Å². The Morgan fingerprint density at radius 1 is 1.13 bits per heavy atom. The van der Waals surface area contributed by atoms with Gasteiger partial charge in [-0.1, -0.05) is 35.9 Å². The van der Waals surface area contributed by atoms with Crippen molar-refractivity contribution in [2.45, 2.75) is 13.3 Å². The predicted molar refractivity (Wildman–Crippen MR) is 62.6 cm³/mol. The van der Waals surface area contributed by atoms with Crippen LogP contribution in [-0.4, -0.2) is 4.98 Å². The van der Waals surface area contributed by atoms with Crippen LogP contribution in [0, 0.1) is 6.92 Å². The van der Waals surface area contributed by atoms with Gasteiger partial charge in [0.25, 0.3) is 0 Å². The number of hydrogen-bond donors (Lipinski definition) is 1. The third-order valence-electron chi connectivity index (χ3n) is 2.34. The van der Waals surface area contributed by atoms with Crippen molar-refractivity contribution >= 4 is 5.82 Å². The second kappa shape index (κ2) is 4.13. The molecule has 0 aliphatic rings. The molecule has 0 saturated heterocycles. The average molecular weight is 198 g/mol. The fourth-order valence-corrected chi connectivity index (χ4v) is 1.60. The average Bonchev–Trinajstić information content (AvgIpc) is 2.22. The van der Waals surface area contributed by atoms with Crippen LogP contribution in [0.25, 0.3) is 0 Å². The van der Waals surface area contributed by atoms with E-state index in [0.29, 0.717) is 5.82 Å². The maximum atomic E-state index is 5.53. The van der Waals surface area contributed by atoms with Crippen molar-refractivity contribution < 1.29 is 0 Å². The summed E-state index contributed by atoms with van der Waals surface area (Å²) < 4.78 is 0. The predicted octanol–water partition coefficient (Wildman–Crippen LogP) is 2.56. The molecular formula is C13H14N2. The van der Waals surface area contributed by atoms with Crippen molar-refractivity contribution in [3.05, 3.63) is 59.3 Å². The standard InChI is InChI=1S/C13H14N2/c1-10-3-2-4-11(7-10)8-12-5-6-13(14)15-9-12/h2-7,9H,8H2,1H3,(H2,14,15). The first kappa shape index (κ1) is 9.71. The number of pyridine rings is 1. The van der Waals surface area contributed by atoms with Gasteiger partial charge < -0.3 is 5.73 Å². The van der Waals surface area contributed by atoms with Crippen molar-refractivity contribution in [1.82, 2.24) is 4.98 Å². The summed E-state index contributed by atoms with van der Waals surface area (Å²) in [5.41, 5.74) is 9.32. The van der Waals surface area contributed by atoms with Crippen LogP contribution in [0.4, 0.5) is 5.82 Å². The third-order valence-corrected chi connectivity index (χ3v) is 2.34. The van der Waals surface area contributed by atoms with Gasteiger partial charge in [-0.15, -0.1) is 0 Å². The molecule has 15 heavy (non-hydrogen) atoms. The molecule has 0 atom stereocenters. The second-order valence-electron chi connectivity index (χ2n) is 3.76. The van der Waals surface area contributed by atoms with E-state index in [4.69, 9.17) is 5.73 Å². The highest BCUT2D eigenvalue weighted by Crippen LogP contribution is 2.11. The molecule has 2 heteroatoms. The zero-order valence-electron chi connectivity index (χ0n) is 8.77. The molecule has 2 nitrogen and oxygen atoms in total. The highest BCUT2D eigenvalue weighted by molar-refractivity contribution is 5.33. The SMILES string of the molecule is Cc1cccc(Cc2ccc(N)nc2)c1. The van der Waals surface area contributed by atoms with E-state index in [-0.39, 0.29) is 0 Å². The molecule has 2 aromatic rings. The number of anilines is 1. The largest absolute Gasteiger partial charge is 0.384 e. The smallest absolute Gasteiger partial charge is 0.123 e. The summed E-state index contributed by atoms with van der Waals surface area (Å²) in [7, 11) is 0. The lowest BCUT2D eigenvalue weighted by molar-refractivity contribution is 1.14. The zero-order chi connectivity index (χ0) is 10.7. The van der Waals surface area contributed by atoms with Crippen LogP contribution in [0.2, 0.25) is 0 Å². The molecule has 0 saturated carbocycles. The summed E-state index contributed by atoms with van der Waals surface area (Å²) in [5, 5.41) is 0. The van der Waals surface area contributed by atoms with E-state index in [1.807, 2.05) is 18.3 Å². The minimum atomic E-state index is 0.572. The van der Waals surface area contributed by atoms with E-state index in [1.165, 1.54) is 16.7 Å². The molecule has 0 aliphatic heterocycles. The van der Waals surface area contributed by atoms with E-state index in [0.717, 1.165) is 6.42 Å². The van der Waals surface area contributed by atoms with Gasteiger partial charge >= 0.3 is 0 Å². The quantitative estimate of drug-likeness (QED) is 0.805. The molecule has 0 radical (unpaired) electrons. The third kappa shape index (κ3) is 2.56. The number of aryl methyl sites for hydroxylation is 1. The fraction of sp³-hybridized carbons (Fsp3) is 0.154. The summed E-state index contributed by atoms with van der Waals surface area (Å²) in [6.07, 6.45) is 2.74. The first-order chi connectivity index (χ1) is 7.24. The Balaban J connectivity index is 2.18. The Morgan fingerprint density at radius 2 is 2.00 bits per heavy atom. The molecule has 76 valence electrons. The molecule has 0 unspecified atom stereocenters. The summed E-state index contributed by atoms with van der Waals surface area (Å²) >= 11 is 0. The van der Waals surface area contributed by atoms with E-state index < -0.39 is 0 Å². The lowest BCUT2D eigenvalue weighted by atomic mass is 10.0. The van der Waals surface area contributed by atoms with Gasteiger partial charge in [-0.3, -0.25) is 0 Å². The van der Waals surface area contributed by atoms with Crippen LogP contribution in [0.3, 0.4) is 0 Å². The Bertz CT molecular complexity index is 446. The monoisotopic (exact) mass is 198 g/mol. The zero-order valence-corrected chi connectivity index (χ0v) is 8.77. The molecule has 1 heterocycles. The Hall–Kier alpha value is -1.83. The molecular weight excluding hydrogens is 184 g/mol. The van der Waals surface area contributed by atoms with Gasteiger partial charge in [0.1, 0.15) is 5.82 Å². The maximum absolute atomic E-state index is 5.53. The molecule has 2 rings (SSSR count). The van der Waals surface area contributed by atoms with Gasteiger partial charge in [-0.05, 0) is 30.5 Å². The Labute approximate surface area is 89.8 Å². The number of rotatable bonds is 2. The van der Waals surface area contributed by atoms with E-state index in [1.54, 1.807) is 0 Å². The minimum Gasteiger partial charge on any atom is -0.384 e. The van der Waals surface area contributed by atoms with Crippen LogP contribution in [0.1, 0.15) is 16.7 Å². The van der Waals surface area contributed by atoms with Crippen LogP contribution in [0.15, 0.2) is 42.6 Å². The first-order valence-corrected chi connectivity index (χ1v) is 5.00. The van der Waals surface area contributed by atoms with Gasteiger partial charge in [-0.2, -0.15) is 0 Å². The normalized spacial score (nSPS) is 10.2. The maximum Gasteiger partial charge on any atom is 0.123 e. The first-order valence-electron chi connectivity index (χ1n) is 5.00. The summed E-state index contributed by atoms with van der Waals surface area (Å²) in [6, 6.07) is 12.4. The van der Waals surface area contributed by atoms with Gasteiger partial charge in [-0.25, -0.2) is 4.98 Å². The van der Waals surface area contributed by atoms with Gasteiger partial charge in [0.05, 0.1) is 0 Å². The number of nitrogen functional groups attached to an aromatic ring is 1. The topological polar surface area (TPSA) is 38.9 Å². The highest BCUT2D eigenvalue weighted by Gasteiger charge is 1.96. The molecule has 0 amide bonds. The van der Waals surface area contributed by atoms with Crippen molar-refractivity contribution in [3.63, 3.8) is 0 Å². The van der Waals surface area contributed by atoms with Gasteiger partial charge in [0.15, 0.2) is 0 Å². The van der Waals surface area contributed by atoms with E-state index in [2.05, 4.69) is 36.2 Å². The number of benzene rings is 1. The van der Waals surface area contributed by atoms with Crippen molar-refractivity contribution in [3.8, 4) is 0 Å². The van der Waals surface area contributed by atoms with Crippen LogP contribution >= 0.6 is 0 Å². The Kier molecular flexibility index (Phi) is 2.68. The van der Waals surface area contributed by atoms with Gasteiger partial charge in [0, 0.05) is 6.20 Å². The van der Waals surface area contributed by atoms with Crippen molar-refractivity contribution in [2.24, 2.45) is 0 Å². The number of hydrogen-bond acceptors (Lipinski definition) is 2. The Morgan fingerprint density at radius 3 is 2.67 bits per heavy atom.